The molecular weight excluding hydrogens is 476 g/mol. The summed E-state index contributed by atoms with van der Waals surface area (Å²) < 4.78 is 0. The molecule has 1 fully saturated rings. The van der Waals surface area contributed by atoms with Crippen LogP contribution >= 0.6 is 0 Å². The van der Waals surface area contributed by atoms with Crippen LogP contribution in [-0.4, -0.2) is 28.2 Å². The number of nitriles is 3. The molecule has 1 saturated heterocycles. The first-order valence-corrected chi connectivity index (χ1v) is 12.4. The van der Waals surface area contributed by atoms with Crippen molar-refractivity contribution in [2.75, 3.05) is 4.90 Å². The summed E-state index contributed by atoms with van der Waals surface area (Å²) in [7, 11) is 0. The summed E-state index contributed by atoms with van der Waals surface area (Å²) in [6, 6.07) is 10.3. The van der Waals surface area contributed by atoms with Crippen LogP contribution in [0.1, 0.15) is 51.3 Å². The molecule has 0 atom stereocenters. The van der Waals surface area contributed by atoms with E-state index in [0.717, 1.165) is 16.7 Å². The third kappa shape index (κ3) is 2.49. The maximum absolute atomic E-state index is 14.3. The number of nitrogens with zero attached hydrogens (tertiary/aromatic N) is 6. The van der Waals surface area contributed by atoms with E-state index in [1.165, 1.54) is 9.80 Å². The Balaban J connectivity index is 1.98. The van der Waals surface area contributed by atoms with Crippen LogP contribution in [0.25, 0.3) is 0 Å². The van der Waals surface area contributed by atoms with E-state index in [1.54, 1.807) is 32.9 Å². The number of carbonyl (C=O) groups is 2. The predicted molar refractivity (Wildman–Crippen MR) is 141 cm³/mol. The zero-order chi connectivity index (χ0) is 28.2. The van der Waals surface area contributed by atoms with Gasteiger partial charge in [0, 0.05) is 5.41 Å². The molecule has 8 nitrogen and oxygen atoms in total. The summed E-state index contributed by atoms with van der Waals surface area (Å²) in [6.45, 7) is 14.4. The van der Waals surface area contributed by atoms with Crippen molar-refractivity contribution in [2.45, 2.75) is 60.9 Å². The van der Waals surface area contributed by atoms with E-state index in [0.29, 0.717) is 16.8 Å². The summed E-state index contributed by atoms with van der Waals surface area (Å²) in [4.78, 5) is 36.2. The third-order valence-electron chi connectivity index (χ3n) is 8.67. The van der Waals surface area contributed by atoms with Crippen LogP contribution in [0.3, 0.4) is 0 Å². The molecule has 190 valence electrons. The van der Waals surface area contributed by atoms with E-state index in [2.05, 4.69) is 18.2 Å². The lowest BCUT2D eigenvalue weighted by Crippen LogP contribution is -2.69. The number of anilines is 1. The molecular formula is C30H28N6O2. The van der Waals surface area contributed by atoms with Crippen LogP contribution in [0, 0.1) is 71.0 Å². The number of hydrogen-bond donors (Lipinski definition) is 0. The van der Waals surface area contributed by atoms with Gasteiger partial charge in [-0.15, -0.1) is 0 Å². The van der Waals surface area contributed by atoms with E-state index in [9.17, 15) is 25.4 Å². The Kier molecular flexibility index (Phi) is 4.84. The van der Waals surface area contributed by atoms with Crippen LogP contribution in [0.4, 0.5) is 5.69 Å². The second-order valence-corrected chi connectivity index (χ2v) is 11.5. The molecule has 3 aliphatic carbocycles. The van der Waals surface area contributed by atoms with Crippen LogP contribution in [0.5, 0.6) is 0 Å². The van der Waals surface area contributed by atoms with E-state index in [1.807, 2.05) is 46.8 Å². The quantitative estimate of drug-likeness (QED) is 0.406. The Hall–Kier alpha value is -4.48. The van der Waals surface area contributed by atoms with Gasteiger partial charge in [-0.2, -0.15) is 15.8 Å². The second-order valence-electron chi connectivity index (χ2n) is 11.5. The Bertz CT molecular complexity index is 1590. The molecule has 2 amide bonds. The smallest absolute Gasteiger partial charge is 0.249 e. The fraction of sp³-hybridized carbons (Fsp3) is 0.400. The van der Waals surface area contributed by atoms with Crippen molar-refractivity contribution >= 4 is 23.5 Å². The molecule has 0 radical (unpaired) electrons. The van der Waals surface area contributed by atoms with E-state index >= 15 is 0 Å². The first-order valence-electron chi connectivity index (χ1n) is 12.4. The van der Waals surface area contributed by atoms with Gasteiger partial charge in [-0.05, 0) is 77.7 Å². The maximum atomic E-state index is 14.3. The molecule has 0 unspecified atom stereocenters. The van der Waals surface area contributed by atoms with Crippen molar-refractivity contribution in [1.29, 1.82) is 15.8 Å². The Labute approximate surface area is 222 Å². The lowest BCUT2D eigenvalue weighted by atomic mass is 9.60. The SMILES string of the molecule is CC1=CC2(C)C=C(C)C13C(=C(C#N)C2(C#N)C#N)N=C1N(c2c(C)cc(C)cc2C)C(=O)C(C)(C)C(=O)N13. The van der Waals surface area contributed by atoms with Gasteiger partial charge in [-0.1, -0.05) is 29.8 Å². The fourth-order valence-corrected chi connectivity index (χ4v) is 6.95. The van der Waals surface area contributed by atoms with Crippen LogP contribution in [0.15, 0.2) is 51.7 Å². The van der Waals surface area contributed by atoms with Gasteiger partial charge in [-0.3, -0.25) is 14.5 Å². The molecule has 38 heavy (non-hydrogen) atoms. The summed E-state index contributed by atoms with van der Waals surface area (Å²) >= 11 is 0. The first-order chi connectivity index (χ1) is 17.7. The highest BCUT2D eigenvalue weighted by atomic mass is 16.2. The zero-order valence-electron chi connectivity index (χ0n) is 22.8. The number of allylic oxidation sites excluding steroid dienone is 3. The number of amides is 2. The number of benzene rings is 1. The van der Waals surface area contributed by atoms with Gasteiger partial charge in [0.15, 0.2) is 5.41 Å². The van der Waals surface area contributed by atoms with Gasteiger partial charge in [0.05, 0.1) is 35.2 Å². The maximum Gasteiger partial charge on any atom is 0.249 e. The van der Waals surface area contributed by atoms with Crippen molar-refractivity contribution in [3.8, 4) is 18.2 Å². The number of rotatable bonds is 1. The topological polar surface area (TPSA) is 124 Å². The predicted octanol–water partition coefficient (Wildman–Crippen LogP) is 4.66. The zero-order valence-corrected chi connectivity index (χ0v) is 22.8. The summed E-state index contributed by atoms with van der Waals surface area (Å²) in [5.41, 5.74) is -1.09. The van der Waals surface area contributed by atoms with Crippen LogP contribution in [0.2, 0.25) is 0 Å². The fourth-order valence-electron chi connectivity index (χ4n) is 6.95. The van der Waals surface area contributed by atoms with Crippen molar-refractivity contribution in [1.82, 2.24) is 4.90 Å². The largest absolute Gasteiger partial charge is 0.273 e. The lowest BCUT2D eigenvalue weighted by Gasteiger charge is -2.50. The monoisotopic (exact) mass is 504 g/mol. The normalized spacial score (nSPS) is 28.4. The summed E-state index contributed by atoms with van der Waals surface area (Å²) in [5, 5.41) is 31.3. The van der Waals surface area contributed by atoms with Crippen LogP contribution < -0.4 is 4.90 Å². The van der Waals surface area contributed by atoms with Gasteiger partial charge in [0.2, 0.25) is 17.8 Å². The van der Waals surface area contributed by atoms with E-state index < -0.39 is 33.6 Å². The number of carbonyl (C=O) groups excluding carboxylic acids is 2. The van der Waals surface area contributed by atoms with Gasteiger partial charge >= 0.3 is 0 Å². The van der Waals surface area contributed by atoms with Gasteiger partial charge < -0.3 is 0 Å². The molecule has 2 bridgehead atoms. The van der Waals surface area contributed by atoms with Crippen molar-refractivity contribution < 1.29 is 9.59 Å². The molecule has 2 aliphatic heterocycles. The van der Waals surface area contributed by atoms with Gasteiger partial charge in [0.1, 0.15) is 11.0 Å². The molecule has 0 aromatic heterocycles. The van der Waals surface area contributed by atoms with Gasteiger partial charge in [0.25, 0.3) is 0 Å². The summed E-state index contributed by atoms with van der Waals surface area (Å²) in [6.07, 6.45) is 3.61. The number of hydrogen-bond acceptors (Lipinski definition) is 6. The highest BCUT2D eigenvalue weighted by Crippen LogP contribution is 2.62. The number of fused-ring (bicyclic) bond motifs is 2. The molecule has 1 spiro atoms. The molecule has 6 rings (SSSR count). The Morgan fingerprint density at radius 1 is 0.842 bits per heavy atom. The Morgan fingerprint density at radius 2 is 1.37 bits per heavy atom. The molecule has 0 saturated carbocycles. The number of guanidine groups is 1. The summed E-state index contributed by atoms with van der Waals surface area (Å²) in [5.74, 6) is -0.819. The molecule has 1 aromatic rings. The highest BCUT2D eigenvalue weighted by molar-refractivity contribution is 6.33. The average Bonchev–Trinajstić information content (AvgIpc) is 3.12. The van der Waals surface area contributed by atoms with Gasteiger partial charge in [-0.25, -0.2) is 9.89 Å². The minimum absolute atomic E-state index is 0.0768. The highest BCUT2D eigenvalue weighted by Gasteiger charge is 2.69. The lowest BCUT2D eigenvalue weighted by molar-refractivity contribution is -0.147. The first kappa shape index (κ1) is 25.2. The van der Waals surface area contributed by atoms with Crippen molar-refractivity contribution in [3.05, 3.63) is 63.4 Å². The third-order valence-corrected chi connectivity index (χ3v) is 8.67. The molecule has 5 aliphatic rings. The average molecular weight is 505 g/mol. The molecule has 2 heterocycles. The minimum Gasteiger partial charge on any atom is -0.273 e. The second kappa shape index (κ2) is 7.30. The molecule has 1 aromatic carbocycles. The van der Waals surface area contributed by atoms with E-state index in [4.69, 9.17) is 4.99 Å². The molecule has 0 N–H and O–H groups in total. The van der Waals surface area contributed by atoms with Crippen LogP contribution in [-0.2, 0) is 9.59 Å². The molecule has 8 heteroatoms. The van der Waals surface area contributed by atoms with E-state index in [-0.39, 0.29) is 17.2 Å². The minimum atomic E-state index is -1.88. The van der Waals surface area contributed by atoms with Crippen molar-refractivity contribution in [3.63, 3.8) is 0 Å². The van der Waals surface area contributed by atoms with Crippen molar-refractivity contribution in [2.24, 2.45) is 21.2 Å². The standard InChI is InChI=1S/C30H28N6O2/c1-16-9-17(2)22(18(3)10-16)35-24(37)27(6,7)25(38)36-26(35)34-23-21(13-31)29(14-32,15-33)28(8)11-19(4)30(23,36)20(5)12-28/h9-12H,1-8H3. The Morgan fingerprint density at radius 3 is 1.84 bits per heavy atom. The number of aryl methyl sites for hydroxylation is 3. The number of aliphatic imine (C=N–C) groups is 1.